The lowest BCUT2D eigenvalue weighted by Gasteiger charge is -2.44. The molecule has 0 aliphatic rings. The Bertz CT molecular complexity index is 274. The van der Waals surface area contributed by atoms with Crippen molar-refractivity contribution in [3.05, 3.63) is 0 Å². The molecule has 0 bridgehead atoms. The molecule has 1 atom stereocenters. The molecule has 0 aromatic carbocycles. The summed E-state index contributed by atoms with van der Waals surface area (Å²) in [5.41, 5.74) is -1.06. The van der Waals surface area contributed by atoms with E-state index in [2.05, 4.69) is 0 Å². The van der Waals surface area contributed by atoms with Gasteiger partial charge < -0.3 is 14.6 Å². The van der Waals surface area contributed by atoms with Crippen molar-refractivity contribution in [2.45, 2.75) is 52.9 Å². The maximum absolute atomic E-state index is 11.6. The first-order valence-corrected chi connectivity index (χ1v) is 6.88. The van der Waals surface area contributed by atoms with E-state index in [1.54, 1.807) is 20.8 Å². The van der Waals surface area contributed by atoms with E-state index in [9.17, 15) is 14.4 Å². The Morgan fingerprint density at radius 3 is 1.56 bits per heavy atom. The summed E-state index contributed by atoms with van der Waals surface area (Å²) >= 11 is 0. The van der Waals surface area contributed by atoms with Crippen molar-refractivity contribution in [1.29, 1.82) is 0 Å². The van der Waals surface area contributed by atoms with Gasteiger partial charge in [0, 0.05) is 5.54 Å². The van der Waals surface area contributed by atoms with Gasteiger partial charge in [0.1, 0.15) is 5.78 Å². The van der Waals surface area contributed by atoms with Crippen molar-refractivity contribution in [1.82, 2.24) is 5.06 Å². The number of nitrogens with zero attached hydrogens (tertiary/aromatic N) is 1. The SMILES string of the molecule is CON(C(C(C)(C)C)P(=O)(O)O)C(C)(C)C. The van der Waals surface area contributed by atoms with Crippen molar-refractivity contribution in [3.8, 4) is 0 Å². The van der Waals surface area contributed by atoms with Crippen molar-refractivity contribution in [3.63, 3.8) is 0 Å². The van der Waals surface area contributed by atoms with Gasteiger partial charge in [0.2, 0.25) is 0 Å². The predicted octanol–water partition coefficient (Wildman–Crippen LogP) is 2.20. The third kappa shape index (κ3) is 4.15. The zero-order valence-electron chi connectivity index (χ0n) is 11.2. The fourth-order valence-electron chi connectivity index (χ4n) is 1.73. The minimum Gasteiger partial charge on any atom is -0.323 e. The highest BCUT2D eigenvalue weighted by Crippen LogP contribution is 2.52. The second-order valence-corrected chi connectivity index (χ2v) is 7.68. The van der Waals surface area contributed by atoms with Crippen LogP contribution in [0.25, 0.3) is 0 Å². The van der Waals surface area contributed by atoms with Crippen molar-refractivity contribution < 1.29 is 19.2 Å². The minimum absolute atomic E-state index is 0.478. The Morgan fingerprint density at radius 1 is 1.12 bits per heavy atom. The van der Waals surface area contributed by atoms with Crippen LogP contribution in [0.15, 0.2) is 0 Å². The molecule has 0 saturated heterocycles. The molecule has 16 heavy (non-hydrogen) atoms. The molecule has 2 N–H and O–H groups in total. The maximum Gasteiger partial charge on any atom is 0.345 e. The molecule has 98 valence electrons. The third-order valence-electron chi connectivity index (χ3n) is 2.17. The number of hydroxylamine groups is 2. The van der Waals surface area contributed by atoms with Gasteiger partial charge in [0.15, 0.2) is 0 Å². The summed E-state index contributed by atoms with van der Waals surface area (Å²) in [6.45, 7) is 10.9. The molecule has 5 nitrogen and oxygen atoms in total. The Kier molecular flexibility index (Phi) is 4.77. The second-order valence-electron chi connectivity index (χ2n) is 6.01. The highest BCUT2D eigenvalue weighted by molar-refractivity contribution is 7.52. The highest BCUT2D eigenvalue weighted by Gasteiger charge is 2.47. The van der Waals surface area contributed by atoms with E-state index < -0.39 is 24.3 Å². The van der Waals surface area contributed by atoms with Gasteiger partial charge >= 0.3 is 7.60 Å². The molecular weight excluding hydrogens is 229 g/mol. The van der Waals surface area contributed by atoms with Gasteiger partial charge in [0.05, 0.1) is 7.11 Å². The molecule has 0 fully saturated rings. The summed E-state index contributed by atoms with van der Waals surface area (Å²) < 4.78 is 11.6. The largest absolute Gasteiger partial charge is 0.345 e. The summed E-state index contributed by atoms with van der Waals surface area (Å²) in [6.07, 6.45) is 0. The average Bonchev–Trinajstić information content (AvgIpc) is 1.91. The van der Waals surface area contributed by atoms with Gasteiger partial charge in [-0.15, -0.1) is 0 Å². The molecule has 0 radical (unpaired) electrons. The van der Waals surface area contributed by atoms with Gasteiger partial charge in [-0.3, -0.25) is 4.57 Å². The molecule has 0 aliphatic heterocycles. The summed E-state index contributed by atoms with van der Waals surface area (Å²) in [7, 11) is -2.84. The van der Waals surface area contributed by atoms with Crippen molar-refractivity contribution in [2.24, 2.45) is 5.41 Å². The van der Waals surface area contributed by atoms with Crippen LogP contribution in [0, 0.1) is 5.41 Å². The smallest absolute Gasteiger partial charge is 0.323 e. The third-order valence-corrected chi connectivity index (χ3v) is 3.79. The molecule has 0 heterocycles. The second kappa shape index (κ2) is 4.75. The van der Waals surface area contributed by atoms with E-state index in [4.69, 9.17) is 4.84 Å². The molecule has 0 saturated carbocycles. The molecular formula is C10H24NO4P. The average molecular weight is 253 g/mol. The quantitative estimate of drug-likeness (QED) is 0.596. The lowest BCUT2D eigenvalue weighted by atomic mass is 9.94. The molecule has 6 heteroatoms. The lowest BCUT2D eigenvalue weighted by molar-refractivity contribution is -0.216. The van der Waals surface area contributed by atoms with Gasteiger partial charge in [-0.25, -0.2) is 0 Å². The Labute approximate surface area is 97.9 Å². The van der Waals surface area contributed by atoms with Crippen LogP contribution in [0.5, 0.6) is 0 Å². The molecule has 0 aromatic heterocycles. The van der Waals surface area contributed by atoms with Crippen molar-refractivity contribution in [2.75, 3.05) is 7.11 Å². The summed E-state index contributed by atoms with van der Waals surface area (Å²) in [5, 5.41) is 1.38. The molecule has 0 amide bonds. The topological polar surface area (TPSA) is 70.0 Å². The van der Waals surface area contributed by atoms with Gasteiger partial charge in [0.25, 0.3) is 0 Å². The Hall–Kier alpha value is 0.0700. The first-order valence-electron chi connectivity index (χ1n) is 5.20. The number of hydrogen-bond donors (Lipinski definition) is 2. The van der Waals surface area contributed by atoms with E-state index in [1.165, 1.54) is 12.2 Å². The predicted molar refractivity (Wildman–Crippen MR) is 63.9 cm³/mol. The van der Waals surface area contributed by atoms with Crippen LogP contribution in [-0.4, -0.2) is 33.3 Å². The molecule has 0 spiro atoms. The van der Waals surface area contributed by atoms with Crippen LogP contribution >= 0.6 is 7.60 Å². The first kappa shape index (κ1) is 16.1. The molecule has 0 aliphatic carbocycles. The maximum atomic E-state index is 11.6. The van der Waals surface area contributed by atoms with Crippen LogP contribution in [0.3, 0.4) is 0 Å². The Morgan fingerprint density at radius 2 is 1.50 bits per heavy atom. The standard InChI is InChI=1S/C10H24NO4P/c1-9(2,3)8(16(12,13)14)11(15-7)10(4,5)6/h8H,1-7H3,(H2,12,13,14). The zero-order chi connectivity index (χ0) is 13.4. The van der Waals surface area contributed by atoms with E-state index in [0.29, 0.717) is 0 Å². The van der Waals surface area contributed by atoms with Gasteiger partial charge in [-0.2, -0.15) is 5.06 Å². The van der Waals surface area contributed by atoms with Gasteiger partial charge in [-0.05, 0) is 26.2 Å². The summed E-state index contributed by atoms with van der Waals surface area (Å²) in [5.74, 6) is -0.968. The minimum atomic E-state index is -4.27. The van der Waals surface area contributed by atoms with Crippen LogP contribution in [0.1, 0.15) is 41.5 Å². The van der Waals surface area contributed by atoms with E-state index in [0.717, 1.165) is 0 Å². The highest BCUT2D eigenvalue weighted by atomic mass is 31.2. The lowest BCUT2D eigenvalue weighted by Crippen LogP contribution is -2.52. The first-order chi connectivity index (χ1) is 6.81. The molecule has 0 aromatic rings. The normalized spacial score (nSPS) is 16.6. The molecule has 1 unspecified atom stereocenters. The van der Waals surface area contributed by atoms with Crippen molar-refractivity contribution >= 4 is 7.60 Å². The van der Waals surface area contributed by atoms with Crippen LogP contribution in [0.2, 0.25) is 0 Å². The summed E-state index contributed by atoms with van der Waals surface area (Å²) in [6, 6.07) is 0. The van der Waals surface area contributed by atoms with Crippen LogP contribution < -0.4 is 0 Å². The van der Waals surface area contributed by atoms with Crippen LogP contribution in [0.4, 0.5) is 0 Å². The Balaban J connectivity index is 5.44. The monoisotopic (exact) mass is 253 g/mol. The molecule has 0 rings (SSSR count). The van der Waals surface area contributed by atoms with E-state index >= 15 is 0 Å². The van der Waals surface area contributed by atoms with Gasteiger partial charge in [-0.1, -0.05) is 20.8 Å². The van der Waals surface area contributed by atoms with E-state index in [-0.39, 0.29) is 0 Å². The van der Waals surface area contributed by atoms with E-state index in [1.807, 2.05) is 20.8 Å². The number of hydrogen-bond acceptors (Lipinski definition) is 3. The van der Waals surface area contributed by atoms with Crippen LogP contribution in [-0.2, 0) is 9.40 Å². The number of rotatable bonds is 3. The summed E-state index contributed by atoms with van der Waals surface area (Å²) in [4.78, 5) is 24.1. The fraction of sp³-hybridized carbons (Fsp3) is 1.00. The fourth-order valence-corrected chi connectivity index (χ4v) is 3.46. The zero-order valence-corrected chi connectivity index (χ0v) is 12.1.